The number of carbonyl (C=O) groups is 1. The van der Waals surface area contributed by atoms with Gasteiger partial charge in [0, 0.05) is 0 Å². The first-order chi connectivity index (χ1) is 17.0. The molecule has 4 rings (SSSR count). The Bertz CT molecular complexity index is 1050. The Hall–Kier alpha value is -3.59. The van der Waals surface area contributed by atoms with Crippen LogP contribution in [-0.2, 0) is 19.8 Å². The van der Waals surface area contributed by atoms with Crippen molar-refractivity contribution in [3.8, 4) is 11.5 Å². The van der Waals surface area contributed by atoms with E-state index in [1.165, 1.54) is 0 Å². The Kier molecular flexibility index (Phi) is 7.55. The highest BCUT2D eigenvalue weighted by atomic mass is 16.7. The van der Waals surface area contributed by atoms with Gasteiger partial charge in [-0.05, 0) is 41.0 Å². The van der Waals surface area contributed by atoms with Crippen LogP contribution in [0.3, 0.4) is 0 Å². The molecule has 8 heteroatoms. The molecule has 1 fully saturated rings. The molecular formula is C27H28O8. The lowest BCUT2D eigenvalue weighted by atomic mass is 9.79. The molecule has 35 heavy (non-hydrogen) atoms. The number of rotatable bonds is 9. The average molecular weight is 481 g/mol. The van der Waals surface area contributed by atoms with Crippen LogP contribution in [0.1, 0.15) is 16.7 Å². The number of ether oxygens (including phenoxy) is 5. The number of hydrogen-bond donors (Lipinski definition) is 2. The summed E-state index contributed by atoms with van der Waals surface area (Å²) in [6.07, 6.45) is -4.12. The fraction of sp³-hybridized carbons (Fsp3) is 0.296. The van der Waals surface area contributed by atoms with Gasteiger partial charge in [-0.3, -0.25) is 0 Å². The minimum absolute atomic E-state index is 0.0457. The third kappa shape index (κ3) is 4.95. The van der Waals surface area contributed by atoms with E-state index in [1.807, 2.05) is 78.9 Å². The van der Waals surface area contributed by atoms with E-state index < -0.39 is 36.7 Å². The van der Waals surface area contributed by atoms with Crippen LogP contribution in [0.25, 0.3) is 0 Å². The Morgan fingerprint density at radius 2 is 1.40 bits per heavy atom. The van der Waals surface area contributed by atoms with Crippen LogP contribution in [0.15, 0.2) is 78.9 Å². The summed E-state index contributed by atoms with van der Waals surface area (Å²) >= 11 is 0. The van der Waals surface area contributed by atoms with Crippen LogP contribution >= 0.6 is 0 Å². The van der Waals surface area contributed by atoms with Crippen molar-refractivity contribution in [2.75, 3.05) is 27.4 Å². The van der Waals surface area contributed by atoms with Gasteiger partial charge in [0.05, 0.1) is 27.4 Å². The SMILES string of the molecule is COc1ccc(C(OC2COC(CO)C2OC(=O)O)(c2ccccc2)c2ccc(OC)cc2)cc1. The van der Waals surface area contributed by atoms with E-state index in [1.54, 1.807) is 14.2 Å². The number of aliphatic hydroxyl groups is 1. The molecule has 1 aliphatic rings. The lowest BCUT2D eigenvalue weighted by Crippen LogP contribution is -2.44. The van der Waals surface area contributed by atoms with Crippen molar-refractivity contribution in [3.05, 3.63) is 95.6 Å². The standard InChI is InChI=1S/C27H28O8/c1-31-21-12-8-19(9-13-21)27(18-6-4-3-5-7-18,20-10-14-22(32-2)15-11-20)35-24-17-33-23(16-28)25(24)34-26(29)30/h3-15,23-25,28H,16-17H2,1-2H3,(H,29,30). The molecule has 3 unspecified atom stereocenters. The van der Waals surface area contributed by atoms with Crippen LogP contribution < -0.4 is 9.47 Å². The Morgan fingerprint density at radius 3 is 1.86 bits per heavy atom. The van der Waals surface area contributed by atoms with Gasteiger partial charge < -0.3 is 33.9 Å². The molecule has 3 aromatic rings. The van der Waals surface area contributed by atoms with Gasteiger partial charge in [-0.25, -0.2) is 4.79 Å². The lowest BCUT2D eigenvalue weighted by molar-refractivity contribution is -0.0968. The molecule has 2 N–H and O–H groups in total. The van der Waals surface area contributed by atoms with Crippen molar-refractivity contribution in [1.29, 1.82) is 0 Å². The van der Waals surface area contributed by atoms with E-state index in [2.05, 4.69) is 0 Å². The van der Waals surface area contributed by atoms with Gasteiger partial charge in [0.2, 0.25) is 0 Å². The molecule has 8 nitrogen and oxygen atoms in total. The molecule has 0 amide bonds. The van der Waals surface area contributed by atoms with E-state index in [-0.39, 0.29) is 6.61 Å². The third-order valence-electron chi connectivity index (χ3n) is 6.13. The largest absolute Gasteiger partial charge is 0.506 e. The fourth-order valence-corrected chi connectivity index (χ4v) is 4.43. The molecule has 1 saturated heterocycles. The van der Waals surface area contributed by atoms with Crippen molar-refractivity contribution in [2.24, 2.45) is 0 Å². The number of aliphatic hydroxyl groups excluding tert-OH is 1. The van der Waals surface area contributed by atoms with Gasteiger partial charge in [0.15, 0.2) is 6.10 Å². The predicted octanol–water partition coefficient (Wildman–Crippen LogP) is 3.84. The zero-order valence-electron chi connectivity index (χ0n) is 19.5. The summed E-state index contributed by atoms with van der Waals surface area (Å²) in [5, 5.41) is 19.1. The highest BCUT2D eigenvalue weighted by Crippen LogP contribution is 2.44. The molecule has 3 aromatic carbocycles. The van der Waals surface area contributed by atoms with E-state index in [0.717, 1.165) is 16.7 Å². The van der Waals surface area contributed by atoms with E-state index in [0.29, 0.717) is 11.5 Å². The monoisotopic (exact) mass is 480 g/mol. The Balaban J connectivity index is 1.90. The van der Waals surface area contributed by atoms with Crippen LogP contribution in [0, 0.1) is 0 Å². The first-order valence-electron chi connectivity index (χ1n) is 11.2. The summed E-state index contributed by atoms with van der Waals surface area (Å²) in [5.74, 6) is 1.36. The molecule has 0 aliphatic carbocycles. The van der Waals surface area contributed by atoms with E-state index in [9.17, 15) is 15.0 Å². The van der Waals surface area contributed by atoms with E-state index >= 15 is 0 Å². The lowest BCUT2D eigenvalue weighted by Gasteiger charge is -2.39. The second kappa shape index (κ2) is 10.8. The first kappa shape index (κ1) is 24.5. The molecular weight excluding hydrogens is 452 g/mol. The highest BCUT2D eigenvalue weighted by molar-refractivity contribution is 5.57. The van der Waals surface area contributed by atoms with Gasteiger partial charge in [0.25, 0.3) is 0 Å². The smallest absolute Gasteiger partial charge is 0.497 e. The molecule has 184 valence electrons. The maximum absolute atomic E-state index is 11.4. The number of benzene rings is 3. The van der Waals surface area contributed by atoms with Crippen molar-refractivity contribution in [2.45, 2.75) is 23.9 Å². The summed E-state index contributed by atoms with van der Waals surface area (Å²) in [5.41, 5.74) is 1.22. The summed E-state index contributed by atoms with van der Waals surface area (Å²) in [6.45, 7) is -0.356. The minimum atomic E-state index is -1.47. The number of carboxylic acid groups (broad SMARTS) is 1. The van der Waals surface area contributed by atoms with Crippen LogP contribution in [-0.4, -0.2) is 62.1 Å². The Morgan fingerprint density at radius 1 is 0.886 bits per heavy atom. The minimum Gasteiger partial charge on any atom is -0.497 e. The molecule has 1 aliphatic heterocycles. The van der Waals surface area contributed by atoms with Crippen LogP contribution in [0.4, 0.5) is 4.79 Å². The van der Waals surface area contributed by atoms with Crippen molar-refractivity contribution < 1.29 is 38.7 Å². The highest BCUT2D eigenvalue weighted by Gasteiger charge is 2.48. The van der Waals surface area contributed by atoms with Crippen molar-refractivity contribution >= 4 is 6.16 Å². The summed E-state index contributed by atoms with van der Waals surface area (Å²) < 4.78 is 28.3. The van der Waals surface area contributed by atoms with Crippen molar-refractivity contribution in [1.82, 2.24) is 0 Å². The molecule has 3 atom stereocenters. The zero-order chi connectivity index (χ0) is 24.8. The maximum Gasteiger partial charge on any atom is 0.506 e. The first-order valence-corrected chi connectivity index (χ1v) is 11.2. The normalized spacial score (nSPS) is 19.8. The quantitative estimate of drug-likeness (QED) is 0.352. The Labute approximate surface area is 203 Å². The molecule has 1 heterocycles. The van der Waals surface area contributed by atoms with Crippen LogP contribution in [0.2, 0.25) is 0 Å². The van der Waals surface area contributed by atoms with Gasteiger partial charge in [0.1, 0.15) is 29.3 Å². The molecule has 0 radical (unpaired) electrons. The summed E-state index contributed by atoms with van der Waals surface area (Å²) in [7, 11) is 3.19. The van der Waals surface area contributed by atoms with Crippen LogP contribution in [0.5, 0.6) is 11.5 Å². The second-order valence-corrected chi connectivity index (χ2v) is 8.06. The van der Waals surface area contributed by atoms with Gasteiger partial charge >= 0.3 is 6.16 Å². The maximum atomic E-state index is 11.4. The van der Waals surface area contributed by atoms with E-state index in [4.69, 9.17) is 23.7 Å². The predicted molar refractivity (Wildman–Crippen MR) is 127 cm³/mol. The van der Waals surface area contributed by atoms with Gasteiger partial charge in [-0.2, -0.15) is 0 Å². The molecule has 0 spiro atoms. The molecule has 0 saturated carbocycles. The summed E-state index contributed by atoms with van der Waals surface area (Å²) in [4.78, 5) is 11.4. The van der Waals surface area contributed by atoms with Gasteiger partial charge in [-0.1, -0.05) is 54.6 Å². The van der Waals surface area contributed by atoms with Crippen molar-refractivity contribution in [3.63, 3.8) is 0 Å². The summed E-state index contributed by atoms with van der Waals surface area (Å²) in [6, 6.07) is 24.6. The topological polar surface area (TPSA) is 104 Å². The number of methoxy groups -OCH3 is 2. The third-order valence-corrected chi connectivity index (χ3v) is 6.13. The zero-order valence-corrected chi connectivity index (χ0v) is 19.5. The second-order valence-electron chi connectivity index (χ2n) is 8.06. The van der Waals surface area contributed by atoms with Gasteiger partial charge in [-0.15, -0.1) is 0 Å². The molecule has 0 aromatic heterocycles. The number of hydrogen-bond acceptors (Lipinski definition) is 7. The molecule has 0 bridgehead atoms. The average Bonchev–Trinajstić information content (AvgIpc) is 3.28. The fourth-order valence-electron chi connectivity index (χ4n) is 4.43.